The number of rotatable bonds is 9. The maximum atomic E-state index is 12.3. The molecule has 0 fully saturated rings. The van der Waals surface area contributed by atoms with Crippen LogP contribution >= 0.6 is 0 Å². The van der Waals surface area contributed by atoms with E-state index in [9.17, 15) is 4.79 Å². The average molecular weight is 341 g/mol. The second-order valence-electron chi connectivity index (χ2n) is 6.11. The summed E-state index contributed by atoms with van der Waals surface area (Å²) in [5.41, 5.74) is 3.27. The highest BCUT2D eigenvalue weighted by Crippen LogP contribution is 2.21. The molecule has 0 aliphatic carbocycles. The normalized spacial score (nSPS) is 11.8. The molecule has 0 unspecified atom stereocenters. The fourth-order valence-corrected chi connectivity index (χ4v) is 2.43. The van der Waals surface area contributed by atoms with Crippen molar-refractivity contribution in [1.82, 2.24) is 5.32 Å². The Morgan fingerprint density at radius 3 is 2.60 bits per heavy atom. The summed E-state index contributed by atoms with van der Waals surface area (Å²) in [6.45, 7) is 7.43. The van der Waals surface area contributed by atoms with E-state index in [4.69, 9.17) is 9.47 Å². The summed E-state index contributed by atoms with van der Waals surface area (Å²) in [5.74, 6) is 0.661. The molecule has 0 aromatic heterocycles. The van der Waals surface area contributed by atoms with Crippen LogP contribution < -0.4 is 10.1 Å². The minimum Gasteiger partial charge on any atom is -0.480 e. The Balaban J connectivity index is 1.75. The van der Waals surface area contributed by atoms with Gasteiger partial charge in [0.2, 0.25) is 0 Å². The van der Waals surface area contributed by atoms with Crippen molar-refractivity contribution in [1.29, 1.82) is 0 Å². The molecule has 1 amide bonds. The molecule has 0 aliphatic rings. The van der Waals surface area contributed by atoms with Crippen molar-refractivity contribution in [3.63, 3.8) is 0 Å². The third-order valence-electron chi connectivity index (χ3n) is 3.93. The highest BCUT2D eigenvalue weighted by molar-refractivity contribution is 5.81. The first-order valence-electron chi connectivity index (χ1n) is 8.73. The molecule has 0 saturated carbocycles. The van der Waals surface area contributed by atoms with Crippen LogP contribution in [0, 0.1) is 13.8 Å². The predicted octanol–water partition coefficient (Wildman–Crippen LogP) is 3.79. The number of hydrogen-bond acceptors (Lipinski definition) is 3. The van der Waals surface area contributed by atoms with Crippen LogP contribution in [0.4, 0.5) is 0 Å². The first-order chi connectivity index (χ1) is 12.1. The fourth-order valence-electron chi connectivity index (χ4n) is 2.43. The number of benzene rings is 2. The van der Waals surface area contributed by atoms with Gasteiger partial charge < -0.3 is 14.8 Å². The smallest absolute Gasteiger partial charge is 0.261 e. The summed E-state index contributed by atoms with van der Waals surface area (Å²) >= 11 is 0. The summed E-state index contributed by atoms with van der Waals surface area (Å²) in [5, 5.41) is 2.89. The lowest BCUT2D eigenvalue weighted by atomic mass is 10.1. The van der Waals surface area contributed by atoms with Gasteiger partial charge >= 0.3 is 0 Å². The van der Waals surface area contributed by atoms with E-state index in [0.717, 1.165) is 22.4 Å². The topological polar surface area (TPSA) is 47.6 Å². The minimum atomic E-state index is -0.491. The number of aryl methyl sites for hydroxylation is 2. The lowest BCUT2D eigenvalue weighted by Crippen LogP contribution is -2.39. The van der Waals surface area contributed by atoms with Crippen molar-refractivity contribution >= 4 is 5.91 Å². The van der Waals surface area contributed by atoms with Crippen LogP contribution in [0.3, 0.4) is 0 Å². The zero-order valence-electron chi connectivity index (χ0n) is 15.2. The molecule has 25 heavy (non-hydrogen) atoms. The van der Waals surface area contributed by atoms with Crippen molar-refractivity contribution < 1.29 is 14.3 Å². The monoisotopic (exact) mass is 341 g/mol. The molecule has 4 nitrogen and oxygen atoms in total. The van der Waals surface area contributed by atoms with E-state index in [1.165, 1.54) is 0 Å². The van der Waals surface area contributed by atoms with E-state index >= 15 is 0 Å². The van der Waals surface area contributed by atoms with E-state index in [2.05, 4.69) is 5.32 Å². The molecule has 0 radical (unpaired) electrons. The molecule has 2 aromatic carbocycles. The first kappa shape index (κ1) is 19.0. The van der Waals surface area contributed by atoms with Crippen molar-refractivity contribution in [3.8, 4) is 5.75 Å². The summed E-state index contributed by atoms with van der Waals surface area (Å²) in [6.07, 6.45) is 0.124. The molecular formula is C21H27NO3. The van der Waals surface area contributed by atoms with Crippen LogP contribution in [0.15, 0.2) is 48.5 Å². The van der Waals surface area contributed by atoms with Crippen molar-refractivity contribution in [2.75, 3.05) is 13.2 Å². The molecule has 0 aliphatic heterocycles. The molecule has 134 valence electrons. The number of carbonyl (C=O) groups excluding carboxylic acids is 1. The second kappa shape index (κ2) is 9.84. The van der Waals surface area contributed by atoms with Crippen molar-refractivity contribution in [2.24, 2.45) is 0 Å². The number of carbonyl (C=O) groups is 1. The molecule has 0 bridgehead atoms. The van der Waals surface area contributed by atoms with Crippen LogP contribution in [0.5, 0.6) is 5.75 Å². The molecule has 4 heteroatoms. The molecule has 0 heterocycles. The number of nitrogens with one attached hydrogen (secondary N) is 1. The quantitative estimate of drug-likeness (QED) is 0.706. The third kappa shape index (κ3) is 6.24. The third-order valence-corrected chi connectivity index (χ3v) is 3.93. The Kier molecular flexibility index (Phi) is 7.48. The van der Waals surface area contributed by atoms with Gasteiger partial charge in [0.25, 0.3) is 5.91 Å². The van der Waals surface area contributed by atoms with Gasteiger partial charge in [-0.2, -0.15) is 0 Å². The van der Waals surface area contributed by atoms with E-state index in [-0.39, 0.29) is 5.91 Å². The lowest BCUT2D eigenvalue weighted by Gasteiger charge is -2.19. The van der Waals surface area contributed by atoms with Crippen LogP contribution in [-0.2, 0) is 16.1 Å². The largest absolute Gasteiger partial charge is 0.480 e. The maximum absolute atomic E-state index is 12.3. The first-order valence-corrected chi connectivity index (χ1v) is 8.73. The molecule has 0 spiro atoms. The van der Waals surface area contributed by atoms with E-state index in [0.29, 0.717) is 26.2 Å². The SMILES string of the molecule is CC[C@@H](Oc1cc(C)ccc1C)C(=O)NCCOCc1ccccc1. The summed E-state index contributed by atoms with van der Waals surface area (Å²) < 4.78 is 11.5. The lowest BCUT2D eigenvalue weighted by molar-refractivity contribution is -0.128. The van der Waals surface area contributed by atoms with Crippen molar-refractivity contribution in [2.45, 2.75) is 39.9 Å². The molecular weight excluding hydrogens is 314 g/mol. The van der Waals surface area contributed by atoms with Gasteiger partial charge in [-0.3, -0.25) is 4.79 Å². The Morgan fingerprint density at radius 2 is 1.88 bits per heavy atom. The van der Waals surface area contributed by atoms with Gasteiger partial charge in [0.15, 0.2) is 6.10 Å². The Hall–Kier alpha value is -2.33. The summed E-state index contributed by atoms with van der Waals surface area (Å²) in [4.78, 5) is 12.3. The standard InChI is InChI=1S/C21H27NO3/c1-4-19(25-20-14-16(2)10-11-17(20)3)21(23)22-12-13-24-15-18-8-6-5-7-9-18/h5-11,14,19H,4,12-13,15H2,1-3H3,(H,22,23)/t19-/m1/s1. The Labute approximate surface area is 150 Å². The van der Waals surface area contributed by atoms with Gasteiger partial charge in [-0.25, -0.2) is 0 Å². The molecule has 2 aromatic rings. The predicted molar refractivity (Wildman–Crippen MR) is 99.7 cm³/mol. The van der Waals surface area contributed by atoms with E-state index in [1.807, 2.05) is 69.3 Å². The van der Waals surface area contributed by atoms with Gasteiger partial charge in [-0.05, 0) is 43.0 Å². The van der Waals surface area contributed by atoms with Crippen LogP contribution in [-0.4, -0.2) is 25.2 Å². The van der Waals surface area contributed by atoms with Crippen LogP contribution in [0.2, 0.25) is 0 Å². The average Bonchev–Trinajstić information content (AvgIpc) is 2.62. The fraction of sp³-hybridized carbons (Fsp3) is 0.381. The highest BCUT2D eigenvalue weighted by atomic mass is 16.5. The number of hydrogen-bond donors (Lipinski definition) is 1. The molecule has 1 atom stereocenters. The molecule has 1 N–H and O–H groups in total. The highest BCUT2D eigenvalue weighted by Gasteiger charge is 2.18. The number of amides is 1. The molecule has 0 saturated heterocycles. The minimum absolute atomic E-state index is 0.105. The summed E-state index contributed by atoms with van der Waals surface area (Å²) in [7, 11) is 0. The zero-order chi connectivity index (χ0) is 18.1. The Morgan fingerprint density at radius 1 is 1.12 bits per heavy atom. The van der Waals surface area contributed by atoms with Gasteiger partial charge in [-0.15, -0.1) is 0 Å². The number of ether oxygens (including phenoxy) is 2. The summed E-state index contributed by atoms with van der Waals surface area (Å²) in [6, 6.07) is 16.0. The molecule has 2 rings (SSSR count). The second-order valence-corrected chi connectivity index (χ2v) is 6.11. The van der Waals surface area contributed by atoms with E-state index in [1.54, 1.807) is 0 Å². The van der Waals surface area contributed by atoms with Crippen LogP contribution in [0.25, 0.3) is 0 Å². The van der Waals surface area contributed by atoms with Crippen molar-refractivity contribution in [3.05, 3.63) is 65.2 Å². The van der Waals surface area contributed by atoms with E-state index < -0.39 is 6.10 Å². The maximum Gasteiger partial charge on any atom is 0.261 e. The zero-order valence-corrected chi connectivity index (χ0v) is 15.2. The van der Waals surface area contributed by atoms with Gasteiger partial charge in [0.1, 0.15) is 5.75 Å². The van der Waals surface area contributed by atoms with Gasteiger partial charge in [0, 0.05) is 6.54 Å². The van der Waals surface area contributed by atoms with Gasteiger partial charge in [0.05, 0.1) is 13.2 Å². The van der Waals surface area contributed by atoms with Crippen LogP contribution in [0.1, 0.15) is 30.0 Å². The van der Waals surface area contributed by atoms with Gasteiger partial charge in [-0.1, -0.05) is 49.4 Å². The Bertz CT molecular complexity index is 670.